The van der Waals surface area contributed by atoms with Gasteiger partial charge >= 0.3 is 0 Å². The van der Waals surface area contributed by atoms with Crippen molar-refractivity contribution in [2.45, 2.75) is 82.9 Å². The third kappa shape index (κ3) is 8.63. The van der Waals surface area contributed by atoms with Crippen LogP contribution in [0.15, 0.2) is 58.9 Å². The summed E-state index contributed by atoms with van der Waals surface area (Å²) in [6, 6.07) is 12.9. The first kappa shape index (κ1) is 34.0. The molecular formula is C32H45N5O5S2. The van der Waals surface area contributed by atoms with Crippen molar-refractivity contribution in [3.63, 3.8) is 0 Å². The van der Waals surface area contributed by atoms with E-state index in [1.807, 2.05) is 58.0 Å². The summed E-state index contributed by atoms with van der Waals surface area (Å²) in [5.41, 5.74) is 6.08. The first-order valence-electron chi connectivity index (χ1n) is 15.4. The molecule has 44 heavy (non-hydrogen) atoms. The summed E-state index contributed by atoms with van der Waals surface area (Å²) >= 11 is 1.36. The zero-order valence-electron chi connectivity index (χ0n) is 26.0. The number of fused-ring (bicyclic) bond motifs is 1. The van der Waals surface area contributed by atoms with Gasteiger partial charge in [-0.25, -0.2) is 18.4 Å². The molecule has 2 heterocycles. The van der Waals surface area contributed by atoms with Gasteiger partial charge in [0.1, 0.15) is 0 Å². The lowest BCUT2D eigenvalue weighted by molar-refractivity contribution is -0.149. The fraction of sp³-hybridized carbons (Fsp3) is 0.531. The smallest absolute Gasteiger partial charge is 0.255 e. The summed E-state index contributed by atoms with van der Waals surface area (Å²) in [5.74, 6) is -0.636. The predicted octanol–water partition coefficient (Wildman–Crippen LogP) is 3.96. The number of benzene rings is 2. The summed E-state index contributed by atoms with van der Waals surface area (Å²) < 4.78 is 30.1. The van der Waals surface area contributed by atoms with Crippen molar-refractivity contribution in [2.75, 3.05) is 19.6 Å². The molecule has 10 nitrogen and oxygen atoms in total. The first-order chi connectivity index (χ1) is 21.0. The molecule has 0 spiro atoms. The average molecular weight is 644 g/mol. The lowest BCUT2D eigenvalue weighted by atomic mass is 9.98. The molecule has 0 aliphatic carbocycles. The van der Waals surface area contributed by atoms with Crippen LogP contribution >= 0.6 is 11.3 Å². The fourth-order valence-electron chi connectivity index (χ4n) is 5.38. The van der Waals surface area contributed by atoms with Crippen LogP contribution in [0.25, 0.3) is 10.2 Å². The number of amides is 2. The van der Waals surface area contributed by atoms with E-state index in [1.54, 1.807) is 17.6 Å². The van der Waals surface area contributed by atoms with Crippen LogP contribution in [-0.2, 0) is 26.0 Å². The van der Waals surface area contributed by atoms with E-state index in [1.165, 1.54) is 26.7 Å². The van der Waals surface area contributed by atoms with Crippen LogP contribution in [0, 0.1) is 11.8 Å². The highest BCUT2D eigenvalue weighted by Crippen LogP contribution is 2.26. The second-order valence-corrected chi connectivity index (χ2v) is 15.0. The van der Waals surface area contributed by atoms with Gasteiger partial charge in [0.25, 0.3) is 5.91 Å². The second kappa shape index (κ2) is 15.4. The summed E-state index contributed by atoms with van der Waals surface area (Å²) in [4.78, 5) is 31.5. The fourth-order valence-corrected chi connectivity index (χ4v) is 7.82. The van der Waals surface area contributed by atoms with Crippen molar-refractivity contribution in [2.24, 2.45) is 11.8 Å². The Labute approximate surface area is 264 Å². The Morgan fingerprint density at radius 1 is 1.14 bits per heavy atom. The van der Waals surface area contributed by atoms with Gasteiger partial charge in [-0.1, -0.05) is 64.4 Å². The quantitative estimate of drug-likeness (QED) is 0.227. The topological polar surface area (TPSA) is 132 Å². The third-order valence-electron chi connectivity index (χ3n) is 8.06. The van der Waals surface area contributed by atoms with Gasteiger partial charge in [-0.3, -0.25) is 15.0 Å². The Kier molecular flexibility index (Phi) is 11.9. The molecule has 1 aliphatic rings. The van der Waals surface area contributed by atoms with Gasteiger partial charge in [0, 0.05) is 19.5 Å². The predicted molar refractivity (Wildman–Crippen MR) is 173 cm³/mol. The molecule has 0 bridgehead atoms. The summed E-state index contributed by atoms with van der Waals surface area (Å²) in [7, 11) is -4.02. The van der Waals surface area contributed by atoms with E-state index < -0.39 is 28.2 Å². The maximum absolute atomic E-state index is 14.0. The SMILES string of the molecule is CC[C@H](C)CC(=O)N(NC(=O)C1CCCN1)[C@@H](Cc1ccccc1)[C@H](O)CN(CC(C)C)S(=O)(=O)c1ccc2ncsc2c1. The van der Waals surface area contributed by atoms with Crippen LogP contribution < -0.4 is 10.7 Å². The van der Waals surface area contributed by atoms with Gasteiger partial charge in [-0.15, -0.1) is 11.3 Å². The van der Waals surface area contributed by atoms with E-state index in [-0.39, 0.29) is 54.5 Å². The van der Waals surface area contributed by atoms with Crippen molar-refractivity contribution >= 4 is 43.4 Å². The molecule has 3 aromatic rings. The first-order valence-corrected chi connectivity index (χ1v) is 17.7. The minimum Gasteiger partial charge on any atom is -0.390 e. The molecule has 0 saturated carbocycles. The van der Waals surface area contributed by atoms with Gasteiger partial charge < -0.3 is 10.4 Å². The van der Waals surface area contributed by atoms with Crippen LogP contribution in [0.5, 0.6) is 0 Å². The zero-order valence-corrected chi connectivity index (χ0v) is 27.6. The Bertz CT molecular complexity index is 1490. The number of carbonyl (C=O) groups excluding carboxylic acids is 2. The zero-order chi connectivity index (χ0) is 31.9. The highest BCUT2D eigenvalue weighted by molar-refractivity contribution is 7.89. The maximum atomic E-state index is 14.0. The summed E-state index contributed by atoms with van der Waals surface area (Å²) in [6.07, 6.45) is 1.35. The van der Waals surface area contributed by atoms with Crippen molar-refractivity contribution in [3.8, 4) is 0 Å². The van der Waals surface area contributed by atoms with Crippen LogP contribution in [-0.4, -0.2) is 77.5 Å². The minimum atomic E-state index is -4.02. The van der Waals surface area contributed by atoms with Crippen LogP contribution in [0.2, 0.25) is 0 Å². The van der Waals surface area contributed by atoms with Crippen molar-refractivity contribution in [1.82, 2.24) is 25.0 Å². The van der Waals surface area contributed by atoms with E-state index >= 15 is 0 Å². The molecule has 2 amide bonds. The largest absolute Gasteiger partial charge is 0.390 e. The van der Waals surface area contributed by atoms with E-state index in [2.05, 4.69) is 15.7 Å². The van der Waals surface area contributed by atoms with E-state index in [0.29, 0.717) is 13.0 Å². The number of hydrazine groups is 1. The lowest BCUT2D eigenvalue weighted by Gasteiger charge is -2.38. The molecular weight excluding hydrogens is 599 g/mol. The van der Waals surface area contributed by atoms with Gasteiger partial charge in [0.15, 0.2) is 0 Å². The Morgan fingerprint density at radius 3 is 2.55 bits per heavy atom. The van der Waals surface area contributed by atoms with Crippen molar-refractivity contribution in [3.05, 3.63) is 59.6 Å². The van der Waals surface area contributed by atoms with Crippen LogP contribution in [0.4, 0.5) is 0 Å². The molecule has 1 saturated heterocycles. The van der Waals surface area contributed by atoms with E-state index in [4.69, 9.17) is 0 Å². The number of aliphatic hydroxyl groups is 1. The highest BCUT2D eigenvalue weighted by atomic mass is 32.2. The molecule has 0 radical (unpaired) electrons. The molecule has 4 atom stereocenters. The van der Waals surface area contributed by atoms with E-state index in [9.17, 15) is 23.1 Å². The maximum Gasteiger partial charge on any atom is 0.255 e. The Balaban J connectivity index is 1.70. The number of sulfonamides is 1. The molecule has 12 heteroatoms. The van der Waals surface area contributed by atoms with Gasteiger partial charge in [-0.05, 0) is 61.4 Å². The number of aliphatic hydroxyl groups excluding tert-OH is 1. The highest BCUT2D eigenvalue weighted by Gasteiger charge is 2.37. The summed E-state index contributed by atoms with van der Waals surface area (Å²) in [5, 5.41) is 16.4. The normalized spacial score (nSPS) is 17.6. The van der Waals surface area contributed by atoms with E-state index in [0.717, 1.165) is 28.6 Å². The summed E-state index contributed by atoms with van der Waals surface area (Å²) in [6.45, 7) is 8.41. The number of carbonyl (C=O) groups is 2. The molecule has 1 fully saturated rings. The number of hydrogen-bond acceptors (Lipinski definition) is 8. The lowest BCUT2D eigenvalue weighted by Crippen LogP contribution is -2.61. The molecule has 240 valence electrons. The average Bonchev–Trinajstić information content (AvgIpc) is 3.71. The van der Waals surface area contributed by atoms with Crippen molar-refractivity contribution in [1.29, 1.82) is 0 Å². The number of hydrogen-bond donors (Lipinski definition) is 3. The number of nitrogens with one attached hydrogen (secondary N) is 2. The Hall–Kier alpha value is -2.90. The molecule has 1 unspecified atom stereocenters. The monoisotopic (exact) mass is 643 g/mol. The molecule has 3 N–H and O–H groups in total. The third-order valence-corrected chi connectivity index (χ3v) is 10.7. The second-order valence-electron chi connectivity index (χ2n) is 12.1. The molecule has 1 aliphatic heterocycles. The minimum absolute atomic E-state index is 0.0343. The number of thiazole rings is 1. The molecule has 2 aromatic carbocycles. The Morgan fingerprint density at radius 2 is 1.89 bits per heavy atom. The van der Waals surface area contributed by atoms with Crippen LogP contribution in [0.1, 0.15) is 58.9 Å². The number of aromatic nitrogens is 1. The molecule has 4 rings (SSSR count). The van der Waals surface area contributed by atoms with Gasteiger partial charge in [-0.2, -0.15) is 4.31 Å². The van der Waals surface area contributed by atoms with Crippen molar-refractivity contribution < 1.29 is 23.1 Å². The van der Waals surface area contributed by atoms with Crippen LogP contribution in [0.3, 0.4) is 0 Å². The van der Waals surface area contributed by atoms with Gasteiger partial charge in [0.2, 0.25) is 15.9 Å². The van der Waals surface area contributed by atoms with Gasteiger partial charge in [0.05, 0.1) is 38.8 Å². The number of rotatable bonds is 14. The number of nitrogens with zero attached hydrogens (tertiary/aromatic N) is 3. The standard InChI is InChI=1S/C32H45N5O5S2/c1-5-23(4)16-31(39)37(35-32(40)27-12-9-15-33-27)28(17-24-10-7-6-8-11-24)29(38)20-36(19-22(2)3)44(41,42)25-13-14-26-30(18-25)43-21-34-26/h6-8,10-11,13-14,18,21-23,27-29,33,38H,5,9,12,15-17,19-20H2,1-4H3,(H,35,40)/t23-,27?,28-,29+/m0/s1. The molecule has 1 aromatic heterocycles.